The van der Waals surface area contributed by atoms with E-state index in [9.17, 15) is 34.1 Å². The van der Waals surface area contributed by atoms with Gasteiger partial charge in [0.15, 0.2) is 5.82 Å². The minimum atomic E-state index is -5.76. The Morgan fingerprint density at radius 2 is 1.70 bits per heavy atom. The van der Waals surface area contributed by atoms with E-state index in [0.29, 0.717) is 0 Å². The van der Waals surface area contributed by atoms with Crippen LogP contribution in [0.5, 0.6) is 0 Å². The van der Waals surface area contributed by atoms with Gasteiger partial charge in [0.25, 0.3) is 0 Å². The van der Waals surface area contributed by atoms with E-state index in [1.54, 1.807) is 6.07 Å². The van der Waals surface area contributed by atoms with Crippen LogP contribution in [0.3, 0.4) is 0 Å². The summed E-state index contributed by atoms with van der Waals surface area (Å²) in [7, 11) is -16.9. The van der Waals surface area contributed by atoms with Crippen LogP contribution in [0, 0.1) is 11.3 Å². The minimum Gasteiger partial charge on any atom is -0.387 e. The number of nitrogen functional groups attached to an aromatic ring is 1. The van der Waals surface area contributed by atoms with Gasteiger partial charge in [-0.05, 0) is 31.8 Å². The largest absolute Gasteiger partial charge is 0.490 e. The maximum Gasteiger partial charge on any atom is 0.490 e. The summed E-state index contributed by atoms with van der Waals surface area (Å²) in [5.41, 5.74) is 3.61. The molecule has 0 aromatic carbocycles. The van der Waals surface area contributed by atoms with Crippen LogP contribution in [0.15, 0.2) is 18.5 Å². The molecule has 226 valence electrons. The third kappa shape index (κ3) is 8.35. The number of hydrogen-bond donors (Lipinski definition) is 7. The van der Waals surface area contributed by atoms with Gasteiger partial charge in [0.2, 0.25) is 5.60 Å². The summed E-state index contributed by atoms with van der Waals surface area (Å²) in [4.78, 5) is 41.9. The van der Waals surface area contributed by atoms with E-state index in [1.165, 1.54) is 31.8 Å². The Bertz CT molecular complexity index is 1340. The van der Waals surface area contributed by atoms with Crippen molar-refractivity contribution < 1.29 is 61.4 Å². The fraction of sp³-hybridized carbons (Fsp3) is 0.611. The molecule has 2 aromatic heterocycles. The van der Waals surface area contributed by atoms with Gasteiger partial charge in [-0.1, -0.05) is 20.8 Å². The number of rotatable bonds is 11. The van der Waals surface area contributed by atoms with Crippen LogP contribution in [0.1, 0.15) is 26.5 Å². The first-order chi connectivity index (χ1) is 18.5. The van der Waals surface area contributed by atoms with Gasteiger partial charge in [0, 0.05) is 0 Å². The Hall–Kier alpha value is -1.84. The first-order valence-corrected chi connectivity index (χ1v) is 16.0. The average Bonchev–Trinajstić information content (AvgIpc) is 3.38. The Morgan fingerprint density at radius 1 is 1.10 bits per heavy atom. The molecule has 40 heavy (non-hydrogen) atoms. The SMILES string of the molecule is CCN(CC)CC.N#C[C@@]1(c2ccc3c(N)ncnn23)O[C@H](COP(=O)(O)OP(=O)(O)OP(=O)(O)O)[C@@H](O)[C@H]1O. The van der Waals surface area contributed by atoms with Crippen molar-refractivity contribution in [2.45, 2.75) is 44.7 Å². The van der Waals surface area contributed by atoms with E-state index in [0.717, 1.165) is 10.8 Å². The molecule has 2 unspecified atom stereocenters. The maximum absolute atomic E-state index is 11.9. The molecule has 3 heterocycles. The van der Waals surface area contributed by atoms with Gasteiger partial charge in [-0.15, -0.1) is 0 Å². The number of hydrogen-bond acceptors (Lipinski definition) is 14. The average molecular weight is 632 g/mol. The summed E-state index contributed by atoms with van der Waals surface area (Å²) in [5.74, 6) is 0.0292. The number of phosphoric acid groups is 3. The quantitative estimate of drug-likeness (QED) is 0.158. The number of fused-ring (bicyclic) bond motifs is 1. The predicted molar refractivity (Wildman–Crippen MR) is 135 cm³/mol. The third-order valence-corrected chi connectivity index (χ3v) is 9.45. The summed E-state index contributed by atoms with van der Waals surface area (Å²) in [5, 5.41) is 34.5. The number of nitrogens with zero attached hydrogens (tertiary/aromatic N) is 5. The maximum atomic E-state index is 11.9. The Balaban J connectivity index is 0.000000708. The monoisotopic (exact) mass is 632 g/mol. The number of anilines is 1. The predicted octanol–water partition coefficient (Wildman–Crippen LogP) is -0.158. The number of aliphatic hydroxyl groups is 2. The molecule has 2 aromatic rings. The van der Waals surface area contributed by atoms with Crippen molar-refractivity contribution in [3.05, 3.63) is 24.2 Å². The van der Waals surface area contributed by atoms with Gasteiger partial charge in [-0.25, -0.2) is 23.2 Å². The lowest BCUT2D eigenvalue weighted by Gasteiger charge is -2.24. The Morgan fingerprint density at radius 3 is 2.20 bits per heavy atom. The highest BCUT2D eigenvalue weighted by molar-refractivity contribution is 7.66. The second-order valence-electron chi connectivity index (χ2n) is 8.11. The summed E-state index contributed by atoms with van der Waals surface area (Å²) in [6, 6.07) is 4.42. The van der Waals surface area contributed by atoms with Crippen LogP contribution in [0.25, 0.3) is 5.52 Å². The smallest absolute Gasteiger partial charge is 0.387 e. The third-order valence-electron chi connectivity index (χ3n) is 5.65. The van der Waals surface area contributed by atoms with Gasteiger partial charge in [-0.2, -0.15) is 19.0 Å². The minimum absolute atomic E-state index is 0.0292. The molecule has 19 nitrogen and oxygen atoms in total. The van der Waals surface area contributed by atoms with Gasteiger partial charge in [-0.3, -0.25) is 4.52 Å². The van der Waals surface area contributed by atoms with Crippen LogP contribution < -0.4 is 5.73 Å². The normalized spacial score (nSPS) is 26.1. The summed E-state index contributed by atoms with van der Waals surface area (Å²) >= 11 is 0. The zero-order valence-corrected chi connectivity index (χ0v) is 24.2. The molecule has 0 aliphatic carbocycles. The van der Waals surface area contributed by atoms with Crippen LogP contribution >= 0.6 is 23.5 Å². The zero-order valence-electron chi connectivity index (χ0n) is 21.5. The van der Waals surface area contributed by atoms with E-state index < -0.39 is 54.0 Å². The molecule has 1 fully saturated rings. The van der Waals surface area contributed by atoms with Crippen LogP contribution in [-0.4, -0.2) is 93.8 Å². The van der Waals surface area contributed by atoms with Gasteiger partial charge in [0.05, 0.1) is 12.3 Å². The molecule has 6 atom stereocenters. The lowest BCUT2D eigenvalue weighted by atomic mass is 9.92. The fourth-order valence-electron chi connectivity index (χ4n) is 3.69. The molecule has 0 amide bonds. The molecule has 22 heteroatoms. The van der Waals surface area contributed by atoms with Gasteiger partial charge in [0.1, 0.15) is 36.2 Å². The second kappa shape index (κ2) is 13.4. The zero-order chi connectivity index (χ0) is 30.5. The molecule has 0 radical (unpaired) electrons. The number of nitriles is 1. The van der Waals surface area contributed by atoms with E-state index >= 15 is 0 Å². The number of aromatic nitrogens is 3. The summed E-state index contributed by atoms with van der Waals surface area (Å²) < 4.78 is 52.0. The van der Waals surface area contributed by atoms with Crippen LogP contribution in [0.4, 0.5) is 5.82 Å². The highest BCUT2D eigenvalue weighted by Crippen LogP contribution is 2.66. The molecule has 1 aliphatic rings. The lowest BCUT2D eigenvalue weighted by molar-refractivity contribution is -0.0634. The molecule has 0 saturated carbocycles. The van der Waals surface area contributed by atoms with Crippen molar-refractivity contribution in [3.63, 3.8) is 0 Å². The topological polar surface area (TPSA) is 293 Å². The summed E-state index contributed by atoms with van der Waals surface area (Å²) in [6.07, 6.45) is -4.44. The number of aliphatic hydroxyl groups excluding tert-OH is 2. The number of nitrogens with two attached hydrogens (primary N) is 1. The molecule has 1 aliphatic heterocycles. The highest BCUT2D eigenvalue weighted by atomic mass is 31.3. The standard InChI is InChI=1S/C12H16N5O13P3.C6H15N/c13-4-12(8-2-1-6-11(14)15-5-16-17(6)8)10(19)9(18)7(28-12)3-27-32(23,24)30-33(25,26)29-31(20,21)22;1-4-7(5-2)6-3/h1-2,5,7,9-10,18-19H,3H2,(H,23,24)(H,25,26)(H2,14,15,16)(H2,20,21,22);4-6H2,1-3H3/t7-,9-,10-,12+;/m1./s1. The molecule has 1 saturated heterocycles. The first-order valence-electron chi connectivity index (χ1n) is 11.5. The van der Waals surface area contributed by atoms with E-state index in [1.807, 2.05) is 0 Å². The van der Waals surface area contributed by atoms with Crippen LogP contribution in [-0.2, 0) is 37.2 Å². The van der Waals surface area contributed by atoms with Crippen molar-refractivity contribution in [1.82, 2.24) is 19.5 Å². The van der Waals surface area contributed by atoms with Crippen molar-refractivity contribution in [3.8, 4) is 6.07 Å². The van der Waals surface area contributed by atoms with Crippen molar-refractivity contribution in [2.75, 3.05) is 32.0 Å². The van der Waals surface area contributed by atoms with Gasteiger partial charge >= 0.3 is 23.5 Å². The van der Waals surface area contributed by atoms with Crippen LogP contribution in [0.2, 0.25) is 0 Å². The molecule has 8 N–H and O–H groups in total. The number of ether oxygens (including phenoxy) is 1. The van der Waals surface area contributed by atoms with Crippen molar-refractivity contribution in [1.29, 1.82) is 5.26 Å². The first kappa shape index (κ1) is 34.4. The van der Waals surface area contributed by atoms with Crippen molar-refractivity contribution >= 4 is 34.8 Å². The highest BCUT2D eigenvalue weighted by Gasteiger charge is 2.58. The molecule has 3 rings (SSSR count). The second-order valence-corrected chi connectivity index (χ2v) is 12.5. The van der Waals surface area contributed by atoms with E-state index in [4.69, 9.17) is 25.2 Å². The molecule has 0 spiro atoms. The molecular formula is C18H31N6O13P3. The molecule has 0 bridgehead atoms. The van der Waals surface area contributed by atoms with E-state index in [-0.39, 0.29) is 17.0 Å². The summed E-state index contributed by atoms with van der Waals surface area (Å²) in [6.45, 7) is 9.03. The molecular weight excluding hydrogens is 601 g/mol. The fourth-order valence-corrected chi connectivity index (χ4v) is 6.72. The van der Waals surface area contributed by atoms with Gasteiger partial charge < -0.3 is 45.2 Å². The number of phosphoric ester groups is 1. The van der Waals surface area contributed by atoms with Crippen molar-refractivity contribution in [2.24, 2.45) is 0 Å². The lowest BCUT2D eigenvalue weighted by Crippen LogP contribution is -2.41. The Labute approximate surface area is 228 Å². The van der Waals surface area contributed by atoms with E-state index in [2.05, 4.69) is 48.9 Å². The Kier molecular flexibility index (Phi) is 11.5.